The number of carbonyl (C=O) groups is 2. The van der Waals surface area contributed by atoms with Crippen LogP contribution < -0.4 is 0 Å². The molecule has 0 aromatic heterocycles. The number of benzene rings is 2. The molecule has 0 aliphatic heterocycles. The van der Waals surface area contributed by atoms with Crippen LogP contribution in [0.2, 0.25) is 0 Å². The van der Waals surface area contributed by atoms with Gasteiger partial charge in [0.2, 0.25) is 5.91 Å². The number of carbonyl (C=O) groups excluding carboxylic acids is 1. The Morgan fingerprint density at radius 2 is 1.13 bits per heavy atom. The van der Waals surface area contributed by atoms with Gasteiger partial charge in [0.15, 0.2) is 0 Å². The van der Waals surface area contributed by atoms with Crippen molar-refractivity contribution in [3.8, 4) is 0 Å². The molecule has 1 N–H and O–H groups in total. The van der Waals surface area contributed by atoms with E-state index >= 15 is 0 Å². The first-order valence-corrected chi connectivity index (χ1v) is 11.0. The summed E-state index contributed by atoms with van der Waals surface area (Å²) >= 11 is 0. The van der Waals surface area contributed by atoms with Crippen LogP contribution in [0.15, 0.2) is 48.5 Å². The normalized spacial score (nSPS) is 23.9. The first-order valence-electron chi connectivity index (χ1n) is 11.0. The molecule has 0 saturated carbocycles. The molecule has 158 valence electrons. The van der Waals surface area contributed by atoms with Gasteiger partial charge >= 0.3 is 5.97 Å². The molecule has 4 heteroatoms. The fourth-order valence-electron chi connectivity index (χ4n) is 5.62. The molecule has 30 heavy (non-hydrogen) atoms. The molecule has 2 aromatic rings. The van der Waals surface area contributed by atoms with Crippen molar-refractivity contribution < 1.29 is 14.7 Å². The maximum atomic E-state index is 14.0. The van der Waals surface area contributed by atoms with Crippen LogP contribution in [0.3, 0.4) is 0 Å². The Balaban J connectivity index is 1.87. The van der Waals surface area contributed by atoms with Crippen molar-refractivity contribution in [1.82, 2.24) is 4.90 Å². The zero-order valence-electron chi connectivity index (χ0n) is 18.2. The summed E-state index contributed by atoms with van der Waals surface area (Å²) in [5, 5.41) is 10.3. The largest absolute Gasteiger partial charge is 0.481 e. The quantitative estimate of drug-likeness (QED) is 0.755. The minimum Gasteiger partial charge on any atom is -0.481 e. The first-order chi connectivity index (χ1) is 14.3. The Morgan fingerprint density at radius 1 is 0.767 bits per heavy atom. The van der Waals surface area contributed by atoms with E-state index in [1.165, 1.54) is 0 Å². The monoisotopic (exact) mass is 405 g/mol. The summed E-state index contributed by atoms with van der Waals surface area (Å²) in [4.78, 5) is 28.4. The highest BCUT2D eigenvalue weighted by Gasteiger charge is 2.56. The third-order valence-corrected chi connectivity index (χ3v) is 6.49. The third kappa shape index (κ3) is 3.32. The van der Waals surface area contributed by atoms with Gasteiger partial charge in [0.1, 0.15) is 0 Å². The van der Waals surface area contributed by atoms with Crippen LogP contribution in [0.1, 0.15) is 61.8 Å². The van der Waals surface area contributed by atoms with Crippen molar-refractivity contribution in [1.29, 1.82) is 0 Å². The highest BCUT2D eigenvalue weighted by Crippen LogP contribution is 2.58. The SMILES string of the molecule is CC(C)CN(CC(C)C)C(=O)[C@H]1C2c3ccccc3C(c3ccccc32)[C@H]1C(=O)O. The van der Waals surface area contributed by atoms with Gasteiger partial charge in [-0.05, 0) is 34.1 Å². The molecule has 4 nitrogen and oxygen atoms in total. The van der Waals surface area contributed by atoms with Crippen LogP contribution in [0.4, 0.5) is 0 Å². The Bertz CT molecular complexity index is 907. The second kappa shape index (κ2) is 7.90. The average Bonchev–Trinajstić information content (AvgIpc) is 2.71. The first kappa shape index (κ1) is 20.6. The highest BCUT2D eigenvalue weighted by atomic mass is 16.4. The maximum absolute atomic E-state index is 14.0. The molecular formula is C26H31NO3. The molecule has 0 spiro atoms. The molecule has 0 radical (unpaired) electrons. The summed E-state index contributed by atoms with van der Waals surface area (Å²) in [5.74, 6) is -2.03. The van der Waals surface area contributed by atoms with E-state index in [0.717, 1.165) is 22.3 Å². The highest BCUT2D eigenvalue weighted by molar-refractivity contribution is 5.90. The van der Waals surface area contributed by atoms with Crippen LogP contribution in [-0.4, -0.2) is 35.0 Å². The predicted molar refractivity (Wildman–Crippen MR) is 117 cm³/mol. The van der Waals surface area contributed by atoms with Gasteiger partial charge in [0, 0.05) is 24.9 Å². The standard InChI is InChI=1S/C26H31NO3/c1-15(2)13-27(14-16(3)4)25(28)23-21-17-9-5-7-11-19(17)22(24(23)26(29)30)20-12-8-6-10-18(20)21/h5-12,15-16,21-24H,13-14H2,1-4H3,(H,29,30)/t21?,22?,23-,24+/m0/s1. The summed E-state index contributed by atoms with van der Waals surface area (Å²) in [6, 6.07) is 16.2. The van der Waals surface area contributed by atoms with Gasteiger partial charge in [-0.25, -0.2) is 0 Å². The Labute approximate surface area is 178 Å². The number of fused-ring (bicyclic) bond motifs is 1. The van der Waals surface area contributed by atoms with Gasteiger partial charge in [-0.2, -0.15) is 0 Å². The van der Waals surface area contributed by atoms with E-state index < -0.39 is 17.8 Å². The van der Waals surface area contributed by atoms with E-state index in [1.54, 1.807) is 0 Å². The summed E-state index contributed by atoms with van der Waals surface area (Å²) < 4.78 is 0. The fraction of sp³-hybridized carbons (Fsp3) is 0.462. The summed E-state index contributed by atoms with van der Waals surface area (Å²) in [6.07, 6.45) is 0. The van der Waals surface area contributed by atoms with E-state index in [4.69, 9.17) is 0 Å². The summed E-state index contributed by atoms with van der Waals surface area (Å²) in [6.45, 7) is 9.72. The van der Waals surface area contributed by atoms with Crippen molar-refractivity contribution in [2.24, 2.45) is 23.7 Å². The fourth-order valence-corrected chi connectivity index (χ4v) is 5.62. The third-order valence-electron chi connectivity index (χ3n) is 6.49. The van der Waals surface area contributed by atoms with Crippen LogP contribution >= 0.6 is 0 Å². The molecule has 5 rings (SSSR count). The van der Waals surface area contributed by atoms with E-state index in [1.807, 2.05) is 41.3 Å². The lowest BCUT2D eigenvalue weighted by atomic mass is 9.54. The number of carboxylic acid groups (broad SMARTS) is 1. The molecular weight excluding hydrogens is 374 g/mol. The number of aliphatic carboxylic acids is 1. The van der Waals surface area contributed by atoms with Gasteiger partial charge in [0.05, 0.1) is 11.8 Å². The minimum atomic E-state index is -0.874. The lowest BCUT2D eigenvalue weighted by Crippen LogP contribution is -2.52. The molecule has 2 atom stereocenters. The molecule has 1 amide bonds. The predicted octanol–water partition coefficient (Wildman–Crippen LogP) is 4.74. The number of carboxylic acids is 1. The molecule has 0 heterocycles. The zero-order valence-corrected chi connectivity index (χ0v) is 18.2. The second-order valence-corrected chi connectivity index (χ2v) is 9.63. The average molecular weight is 406 g/mol. The minimum absolute atomic E-state index is 0.0104. The van der Waals surface area contributed by atoms with Crippen molar-refractivity contribution in [2.45, 2.75) is 39.5 Å². The van der Waals surface area contributed by atoms with E-state index in [-0.39, 0.29) is 17.7 Å². The second-order valence-electron chi connectivity index (χ2n) is 9.63. The van der Waals surface area contributed by atoms with Gasteiger partial charge in [0.25, 0.3) is 0 Å². The van der Waals surface area contributed by atoms with Gasteiger partial charge in [-0.15, -0.1) is 0 Å². The number of hydrogen-bond donors (Lipinski definition) is 1. The van der Waals surface area contributed by atoms with Crippen LogP contribution in [-0.2, 0) is 9.59 Å². The summed E-state index contributed by atoms with van der Waals surface area (Å²) in [7, 11) is 0. The van der Waals surface area contributed by atoms with E-state index in [9.17, 15) is 14.7 Å². The number of nitrogens with zero attached hydrogens (tertiary/aromatic N) is 1. The lowest BCUT2D eigenvalue weighted by molar-refractivity contribution is -0.153. The molecule has 3 aliphatic rings. The molecule has 0 unspecified atom stereocenters. The number of amides is 1. The maximum Gasteiger partial charge on any atom is 0.308 e. The zero-order chi connectivity index (χ0) is 21.6. The number of rotatable bonds is 6. The smallest absolute Gasteiger partial charge is 0.308 e. The number of hydrogen-bond acceptors (Lipinski definition) is 2. The van der Waals surface area contributed by atoms with Crippen molar-refractivity contribution in [3.63, 3.8) is 0 Å². The lowest BCUT2D eigenvalue weighted by Gasteiger charge is -2.49. The molecule has 2 aromatic carbocycles. The van der Waals surface area contributed by atoms with Gasteiger partial charge in [-0.1, -0.05) is 76.2 Å². The van der Waals surface area contributed by atoms with E-state index in [2.05, 4.69) is 39.8 Å². The molecule has 0 saturated heterocycles. The van der Waals surface area contributed by atoms with Gasteiger partial charge in [-0.3, -0.25) is 9.59 Å². The van der Waals surface area contributed by atoms with Gasteiger partial charge < -0.3 is 10.0 Å². The van der Waals surface area contributed by atoms with Crippen LogP contribution in [0, 0.1) is 23.7 Å². The van der Waals surface area contributed by atoms with Crippen molar-refractivity contribution >= 4 is 11.9 Å². The summed E-state index contributed by atoms with van der Waals surface area (Å²) in [5.41, 5.74) is 4.37. The van der Waals surface area contributed by atoms with Crippen molar-refractivity contribution in [3.05, 3.63) is 70.8 Å². The Kier molecular flexibility index (Phi) is 5.44. The van der Waals surface area contributed by atoms with Crippen LogP contribution in [0.25, 0.3) is 0 Å². The molecule has 2 bridgehead atoms. The molecule has 0 fully saturated rings. The van der Waals surface area contributed by atoms with E-state index in [0.29, 0.717) is 24.9 Å². The van der Waals surface area contributed by atoms with Crippen LogP contribution in [0.5, 0.6) is 0 Å². The molecule has 3 aliphatic carbocycles. The van der Waals surface area contributed by atoms with Crippen molar-refractivity contribution in [2.75, 3.05) is 13.1 Å². The topological polar surface area (TPSA) is 57.6 Å². The Morgan fingerprint density at radius 3 is 1.47 bits per heavy atom. The Hall–Kier alpha value is -2.62.